The van der Waals surface area contributed by atoms with Gasteiger partial charge in [0.25, 0.3) is 0 Å². The highest BCUT2D eigenvalue weighted by Gasteiger charge is 2.04. The van der Waals surface area contributed by atoms with Crippen molar-refractivity contribution in [2.75, 3.05) is 5.43 Å². The number of hydrogen-bond acceptors (Lipinski definition) is 3. The van der Waals surface area contributed by atoms with Crippen LogP contribution in [0, 0.1) is 0 Å². The molecule has 3 nitrogen and oxygen atoms in total. The zero-order chi connectivity index (χ0) is 14.2. The Hall–Kier alpha value is -2.29. The summed E-state index contributed by atoms with van der Waals surface area (Å²) in [4.78, 5) is 0. The highest BCUT2D eigenvalue weighted by molar-refractivity contribution is 5.84. The Morgan fingerprint density at radius 3 is 2.55 bits per heavy atom. The van der Waals surface area contributed by atoms with Gasteiger partial charge in [0.15, 0.2) is 0 Å². The van der Waals surface area contributed by atoms with Gasteiger partial charge in [-0.1, -0.05) is 37.3 Å². The van der Waals surface area contributed by atoms with Crippen molar-refractivity contribution in [3.8, 4) is 5.75 Å². The number of nitrogens with one attached hydrogen (secondary N) is 1. The molecule has 3 heteroatoms. The van der Waals surface area contributed by atoms with Crippen LogP contribution in [0.25, 0.3) is 0 Å². The molecule has 0 spiro atoms. The van der Waals surface area contributed by atoms with Crippen molar-refractivity contribution >= 4 is 11.9 Å². The molecule has 0 amide bonds. The zero-order valence-electron chi connectivity index (χ0n) is 11.9. The van der Waals surface area contributed by atoms with Crippen molar-refractivity contribution < 1.29 is 4.74 Å². The van der Waals surface area contributed by atoms with Crippen LogP contribution in [-0.4, -0.2) is 12.3 Å². The number of nitrogens with zero attached hydrogens (tertiary/aromatic N) is 1. The van der Waals surface area contributed by atoms with Gasteiger partial charge in [-0.05, 0) is 37.6 Å². The number of hydrazone groups is 1. The molecule has 1 N–H and O–H groups in total. The smallest absolute Gasteiger partial charge is 0.128 e. The first kappa shape index (κ1) is 14.1. The van der Waals surface area contributed by atoms with Crippen molar-refractivity contribution in [3.63, 3.8) is 0 Å². The monoisotopic (exact) mass is 268 g/mol. The fraction of sp³-hybridized carbons (Fsp3) is 0.235. The Morgan fingerprint density at radius 2 is 1.80 bits per heavy atom. The predicted octanol–water partition coefficient (Wildman–Crippen LogP) is 4.31. The van der Waals surface area contributed by atoms with Gasteiger partial charge in [0.1, 0.15) is 5.75 Å². The van der Waals surface area contributed by atoms with Crippen LogP contribution in [0.2, 0.25) is 0 Å². The molecular formula is C17H20N2O. The third kappa shape index (κ3) is 4.12. The van der Waals surface area contributed by atoms with E-state index < -0.39 is 0 Å². The van der Waals surface area contributed by atoms with Gasteiger partial charge in [-0.15, -0.1) is 0 Å². The van der Waals surface area contributed by atoms with E-state index in [-0.39, 0.29) is 6.10 Å². The summed E-state index contributed by atoms with van der Waals surface area (Å²) >= 11 is 0. The lowest BCUT2D eigenvalue weighted by molar-refractivity contribution is 0.217. The molecule has 0 radical (unpaired) electrons. The molecule has 0 heterocycles. The molecule has 20 heavy (non-hydrogen) atoms. The second-order valence-electron chi connectivity index (χ2n) is 4.61. The van der Waals surface area contributed by atoms with Crippen LogP contribution in [0.1, 0.15) is 25.8 Å². The Balaban J connectivity index is 2.05. The molecule has 0 fully saturated rings. The maximum absolute atomic E-state index is 5.88. The zero-order valence-corrected chi connectivity index (χ0v) is 11.9. The Kier molecular flexibility index (Phi) is 5.18. The first-order chi connectivity index (χ1) is 9.79. The number of anilines is 1. The van der Waals surface area contributed by atoms with Gasteiger partial charge in [-0.25, -0.2) is 0 Å². The Morgan fingerprint density at radius 1 is 1.10 bits per heavy atom. The number of ether oxygens (including phenoxy) is 1. The van der Waals surface area contributed by atoms with Gasteiger partial charge in [-0.2, -0.15) is 5.10 Å². The molecule has 0 saturated heterocycles. The molecule has 0 unspecified atom stereocenters. The molecule has 0 aromatic heterocycles. The number of para-hydroxylation sites is 2. The van der Waals surface area contributed by atoms with E-state index in [0.717, 1.165) is 23.4 Å². The number of hydrogen-bond donors (Lipinski definition) is 1. The molecular weight excluding hydrogens is 248 g/mol. The quantitative estimate of drug-likeness (QED) is 0.625. The summed E-state index contributed by atoms with van der Waals surface area (Å²) in [6, 6.07) is 17.8. The van der Waals surface area contributed by atoms with Crippen LogP contribution >= 0.6 is 0 Å². The molecule has 0 bridgehead atoms. The van der Waals surface area contributed by atoms with Crippen LogP contribution in [0.4, 0.5) is 5.69 Å². The minimum absolute atomic E-state index is 0.201. The Labute approximate surface area is 120 Å². The summed E-state index contributed by atoms with van der Waals surface area (Å²) in [5.74, 6) is 0.862. The van der Waals surface area contributed by atoms with E-state index in [9.17, 15) is 0 Å². The van der Waals surface area contributed by atoms with Gasteiger partial charge >= 0.3 is 0 Å². The minimum atomic E-state index is 0.201. The summed E-state index contributed by atoms with van der Waals surface area (Å²) in [7, 11) is 0. The van der Waals surface area contributed by atoms with Gasteiger partial charge in [0, 0.05) is 5.56 Å². The van der Waals surface area contributed by atoms with Gasteiger partial charge in [0.2, 0.25) is 0 Å². The van der Waals surface area contributed by atoms with Gasteiger partial charge < -0.3 is 4.74 Å². The lowest BCUT2D eigenvalue weighted by Crippen LogP contribution is -2.11. The summed E-state index contributed by atoms with van der Waals surface area (Å²) < 4.78 is 5.88. The minimum Gasteiger partial charge on any atom is -0.490 e. The molecule has 0 saturated carbocycles. The van der Waals surface area contributed by atoms with Crippen LogP contribution in [0.3, 0.4) is 0 Å². The van der Waals surface area contributed by atoms with E-state index >= 15 is 0 Å². The SMILES string of the molecule is CC[C@@H](C)Oc1ccccc1/C=N\Nc1ccccc1. The van der Waals surface area contributed by atoms with E-state index in [1.165, 1.54) is 0 Å². The van der Waals surface area contributed by atoms with E-state index in [1.54, 1.807) is 6.21 Å². The molecule has 2 aromatic rings. The van der Waals surface area contributed by atoms with Crippen molar-refractivity contribution in [2.45, 2.75) is 26.4 Å². The standard InChI is InChI=1S/C17H20N2O/c1-3-14(2)20-17-12-8-7-9-15(17)13-18-19-16-10-5-4-6-11-16/h4-14,19H,3H2,1-2H3/b18-13-/t14-/m1/s1. The van der Waals surface area contributed by atoms with Gasteiger partial charge in [-0.3, -0.25) is 5.43 Å². The second-order valence-corrected chi connectivity index (χ2v) is 4.61. The van der Waals surface area contributed by atoms with Gasteiger partial charge in [0.05, 0.1) is 18.0 Å². The third-order valence-electron chi connectivity index (χ3n) is 2.99. The van der Waals surface area contributed by atoms with E-state index in [2.05, 4.69) is 24.4 Å². The van der Waals surface area contributed by atoms with Crippen LogP contribution in [0.15, 0.2) is 59.7 Å². The molecule has 1 atom stereocenters. The average Bonchev–Trinajstić information content (AvgIpc) is 2.50. The molecule has 2 rings (SSSR count). The highest BCUT2D eigenvalue weighted by Crippen LogP contribution is 2.18. The van der Waals surface area contributed by atoms with Crippen molar-refractivity contribution in [2.24, 2.45) is 5.10 Å². The molecule has 0 aliphatic carbocycles. The molecule has 0 aliphatic rings. The first-order valence-corrected chi connectivity index (χ1v) is 6.89. The maximum atomic E-state index is 5.88. The fourth-order valence-electron chi connectivity index (χ4n) is 1.68. The number of rotatable bonds is 6. The first-order valence-electron chi connectivity index (χ1n) is 6.89. The summed E-state index contributed by atoms with van der Waals surface area (Å²) in [6.45, 7) is 4.18. The van der Waals surface area contributed by atoms with Crippen LogP contribution in [0.5, 0.6) is 5.75 Å². The lowest BCUT2D eigenvalue weighted by atomic mass is 10.2. The summed E-state index contributed by atoms with van der Waals surface area (Å²) in [5.41, 5.74) is 4.93. The van der Waals surface area contributed by atoms with E-state index in [1.807, 2.05) is 54.6 Å². The normalized spacial score (nSPS) is 12.3. The Bertz CT molecular complexity index is 552. The van der Waals surface area contributed by atoms with Crippen LogP contribution in [-0.2, 0) is 0 Å². The van der Waals surface area contributed by atoms with E-state index in [4.69, 9.17) is 4.74 Å². The largest absolute Gasteiger partial charge is 0.490 e. The summed E-state index contributed by atoms with van der Waals surface area (Å²) in [5, 5.41) is 4.25. The lowest BCUT2D eigenvalue weighted by Gasteiger charge is -2.14. The highest BCUT2D eigenvalue weighted by atomic mass is 16.5. The topological polar surface area (TPSA) is 33.6 Å². The van der Waals surface area contributed by atoms with Crippen molar-refractivity contribution in [1.29, 1.82) is 0 Å². The average molecular weight is 268 g/mol. The van der Waals surface area contributed by atoms with Crippen molar-refractivity contribution in [3.05, 3.63) is 60.2 Å². The molecule has 104 valence electrons. The van der Waals surface area contributed by atoms with Crippen LogP contribution < -0.4 is 10.2 Å². The predicted molar refractivity (Wildman–Crippen MR) is 84.5 cm³/mol. The maximum Gasteiger partial charge on any atom is 0.128 e. The molecule has 2 aromatic carbocycles. The fourth-order valence-corrected chi connectivity index (χ4v) is 1.68. The number of benzene rings is 2. The second kappa shape index (κ2) is 7.34. The summed E-state index contributed by atoms with van der Waals surface area (Å²) in [6.07, 6.45) is 2.96. The van der Waals surface area contributed by atoms with Crippen molar-refractivity contribution in [1.82, 2.24) is 0 Å². The van der Waals surface area contributed by atoms with E-state index in [0.29, 0.717) is 0 Å². The third-order valence-corrected chi connectivity index (χ3v) is 2.99. The molecule has 0 aliphatic heterocycles.